The Morgan fingerprint density at radius 3 is 3.00 bits per heavy atom. The summed E-state index contributed by atoms with van der Waals surface area (Å²) >= 11 is 0. The second-order valence-corrected chi connectivity index (χ2v) is 1.94. The van der Waals surface area contributed by atoms with Crippen molar-refractivity contribution in [1.29, 1.82) is 0 Å². The number of rotatable bonds is 2. The summed E-state index contributed by atoms with van der Waals surface area (Å²) < 4.78 is 1.57. The zero-order valence-corrected chi connectivity index (χ0v) is 5.61. The van der Waals surface area contributed by atoms with Crippen LogP contribution in [0.15, 0.2) is 12.4 Å². The number of ketones is 1. The molecule has 0 aliphatic rings. The molecule has 0 aliphatic heterocycles. The first-order chi connectivity index (χ1) is 4.75. The van der Waals surface area contributed by atoms with Crippen molar-refractivity contribution >= 4 is 5.78 Å². The number of hydrogen-bond acceptors (Lipinski definition) is 3. The van der Waals surface area contributed by atoms with Crippen molar-refractivity contribution in [3.8, 4) is 0 Å². The van der Waals surface area contributed by atoms with Crippen LogP contribution in [0.25, 0.3) is 0 Å². The maximum Gasteiger partial charge on any atom is 0.223 e. The van der Waals surface area contributed by atoms with Gasteiger partial charge in [0, 0.05) is 19.4 Å². The molecule has 1 heterocycles. The molecular formula is C6H8N2O2. The fourth-order valence-electron chi connectivity index (χ4n) is 0.705. The van der Waals surface area contributed by atoms with E-state index in [9.17, 15) is 4.79 Å². The normalized spacial score (nSPS) is 9.80. The van der Waals surface area contributed by atoms with E-state index in [1.54, 1.807) is 17.8 Å². The van der Waals surface area contributed by atoms with Crippen molar-refractivity contribution in [3.63, 3.8) is 0 Å². The van der Waals surface area contributed by atoms with Crippen LogP contribution in [-0.2, 0) is 7.05 Å². The number of carbonyl (C=O) groups excluding carboxylic acids is 1. The van der Waals surface area contributed by atoms with Gasteiger partial charge in [-0.2, -0.15) is 0 Å². The molecule has 0 spiro atoms. The Bertz CT molecular complexity index is 242. The van der Waals surface area contributed by atoms with E-state index < -0.39 is 6.61 Å². The number of carbonyl (C=O) groups is 1. The zero-order chi connectivity index (χ0) is 7.56. The van der Waals surface area contributed by atoms with E-state index >= 15 is 0 Å². The predicted octanol–water partition coefficient (Wildman–Crippen LogP) is -0.405. The third-order valence-electron chi connectivity index (χ3n) is 1.21. The van der Waals surface area contributed by atoms with Crippen LogP contribution in [0.5, 0.6) is 0 Å². The third-order valence-corrected chi connectivity index (χ3v) is 1.21. The van der Waals surface area contributed by atoms with E-state index in [0.717, 1.165) is 0 Å². The first-order valence-electron chi connectivity index (χ1n) is 2.87. The standard InChI is InChI=1S/C6H8N2O2/c1-8-3-2-7-6(8)5(10)4-9/h2-3,9H,4H2,1H3. The Morgan fingerprint density at radius 2 is 2.60 bits per heavy atom. The molecule has 1 aromatic rings. The molecule has 0 aliphatic carbocycles. The Kier molecular flexibility index (Phi) is 1.82. The number of aromatic nitrogens is 2. The van der Waals surface area contributed by atoms with Gasteiger partial charge < -0.3 is 9.67 Å². The van der Waals surface area contributed by atoms with E-state index in [1.165, 1.54) is 6.20 Å². The lowest BCUT2D eigenvalue weighted by Crippen LogP contribution is -2.10. The quantitative estimate of drug-likeness (QED) is 0.568. The first kappa shape index (κ1) is 6.95. The molecule has 1 rings (SSSR count). The highest BCUT2D eigenvalue weighted by Gasteiger charge is 2.07. The molecule has 54 valence electrons. The Balaban J connectivity index is 2.93. The molecule has 0 fully saturated rings. The number of hydrogen-bond donors (Lipinski definition) is 1. The van der Waals surface area contributed by atoms with E-state index in [1.807, 2.05) is 0 Å². The molecule has 4 nitrogen and oxygen atoms in total. The lowest BCUT2D eigenvalue weighted by atomic mass is 10.4. The highest BCUT2D eigenvalue weighted by Crippen LogP contribution is 1.93. The Hall–Kier alpha value is -1.16. The van der Waals surface area contributed by atoms with Gasteiger partial charge in [-0.1, -0.05) is 0 Å². The van der Waals surface area contributed by atoms with Gasteiger partial charge in [0.2, 0.25) is 5.78 Å². The maximum absolute atomic E-state index is 10.8. The highest BCUT2D eigenvalue weighted by atomic mass is 16.3. The van der Waals surface area contributed by atoms with Crippen molar-refractivity contribution in [1.82, 2.24) is 9.55 Å². The molecule has 0 unspecified atom stereocenters. The van der Waals surface area contributed by atoms with Crippen molar-refractivity contribution in [2.45, 2.75) is 0 Å². The highest BCUT2D eigenvalue weighted by molar-refractivity contribution is 5.93. The van der Waals surface area contributed by atoms with E-state index in [0.29, 0.717) is 5.82 Å². The number of aliphatic hydroxyl groups excluding tert-OH is 1. The molecule has 0 saturated heterocycles. The van der Waals surface area contributed by atoms with Crippen LogP contribution in [0.3, 0.4) is 0 Å². The van der Waals surface area contributed by atoms with Gasteiger partial charge in [-0.15, -0.1) is 0 Å². The Labute approximate surface area is 58.1 Å². The lowest BCUT2D eigenvalue weighted by Gasteiger charge is -1.94. The number of imidazole rings is 1. The summed E-state index contributed by atoms with van der Waals surface area (Å²) in [7, 11) is 1.70. The molecule has 1 aromatic heterocycles. The number of Topliss-reactive ketones (excluding diaryl/α,β-unsaturated/α-hetero) is 1. The summed E-state index contributed by atoms with van der Waals surface area (Å²) in [4.78, 5) is 14.5. The van der Waals surface area contributed by atoms with Crippen LogP contribution in [0.4, 0.5) is 0 Å². The van der Waals surface area contributed by atoms with Gasteiger partial charge >= 0.3 is 0 Å². The molecular weight excluding hydrogens is 132 g/mol. The van der Waals surface area contributed by atoms with Gasteiger partial charge in [0.15, 0.2) is 5.82 Å². The van der Waals surface area contributed by atoms with Crippen molar-refractivity contribution in [2.75, 3.05) is 6.61 Å². The molecule has 1 N–H and O–H groups in total. The monoisotopic (exact) mass is 140 g/mol. The van der Waals surface area contributed by atoms with Gasteiger partial charge in [0.25, 0.3) is 0 Å². The Morgan fingerprint density at radius 1 is 1.90 bits per heavy atom. The summed E-state index contributed by atoms with van der Waals surface area (Å²) in [5.74, 6) is -0.0602. The smallest absolute Gasteiger partial charge is 0.223 e. The van der Waals surface area contributed by atoms with Crippen LogP contribution in [-0.4, -0.2) is 27.0 Å². The molecule has 0 aromatic carbocycles. The van der Waals surface area contributed by atoms with Gasteiger partial charge in [0.05, 0.1) is 0 Å². The molecule has 0 saturated carbocycles. The summed E-state index contributed by atoms with van der Waals surface area (Å²) in [5, 5.41) is 8.43. The SMILES string of the molecule is Cn1ccnc1C(=O)CO. The first-order valence-corrected chi connectivity index (χ1v) is 2.87. The van der Waals surface area contributed by atoms with Crippen molar-refractivity contribution in [2.24, 2.45) is 7.05 Å². The van der Waals surface area contributed by atoms with Crippen LogP contribution >= 0.6 is 0 Å². The fourth-order valence-corrected chi connectivity index (χ4v) is 0.705. The van der Waals surface area contributed by atoms with Crippen LogP contribution in [0.2, 0.25) is 0 Å². The van der Waals surface area contributed by atoms with Crippen LogP contribution in [0, 0.1) is 0 Å². The summed E-state index contributed by atoms with van der Waals surface area (Å²) in [6, 6.07) is 0. The van der Waals surface area contributed by atoms with Gasteiger partial charge in [-0.3, -0.25) is 4.79 Å². The number of aryl methyl sites for hydroxylation is 1. The van der Waals surface area contributed by atoms with E-state index in [2.05, 4.69) is 4.98 Å². The second-order valence-electron chi connectivity index (χ2n) is 1.94. The number of nitrogens with zero attached hydrogens (tertiary/aromatic N) is 2. The molecule has 0 radical (unpaired) electrons. The molecule has 0 atom stereocenters. The van der Waals surface area contributed by atoms with Crippen molar-refractivity contribution in [3.05, 3.63) is 18.2 Å². The maximum atomic E-state index is 10.8. The molecule has 10 heavy (non-hydrogen) atoms. The predicted molar refractivity (Wildman–Crippen MR) is 34.6 cm³/mol. The minimum absolute atomic E-state index is 0.294. The molecule has 0 bridgehead atoms. The fraction of sp³-hybridized carbons (Fsp3) is 0.333. The summed E-state index contributed by atoms with van der Waals surface area (Å²) in [6.07, 6.45) is 3.17. The van der Waals surface area contributed by atoms with Gasteiger partial charge in [-0.05, 0) is 0 Å². The minimum atomic E-state index is -0.481. The largest absolute Gasteiger partial charge is 0.388 e. The third kappa shape index (κ3) is 1.06. The molecule has 4 heteroatoms. The average Bonchev–Trinajstić information content (AvgIpc) is 2.34. The number of aliphatic hydroxyl groups is 1. The van der Waals surface area contributed by atoms with E-state index in [-0.39, 0.29) is 5.78 Å². The summed E-state index contributed by atoms with van der Waals surface area (Å²) in [5.41, 5.74) is 0. The zero-order valence-electron chi connectivity index (χ0n) is 5.61. The van der Waals surface area contributed by atoms with E-state index in [4.69, 9.17) is 5.11 Å². The van der Waals surface area contributed by atoms with Gasteiger partial charge in [-0.25, -0.2) is 4.98 Å². The average molecular weight is 140 g/mol. The lowest BCUT2D eigenvalue weighted by molar-refractivity contribution is 0.0890. The van der Waals surface area contributed by atoms with Crippen molar-refractivity contribution < 1.29 is 9.90 Å². The molecule has 0 amide bonds. The topological polar surface area (TPSA) is 55.1 Å². The van der Waals surface area contributed by atoms with Gasteiger partial charge in [0.1, 0.15) is 6.61 Å². The second kappa shape index (κ2) is 2.62. The van der Waals surface area contributed by atoms with Crippen LogP contribution in [0.1, 0.15) is 10.6 Å². The minimum Gasteiger partial charge on any atom is -0.388 e. The summed E-state index contributed by atoms with van der Waals surface area (Å²) in [6.45, 7) is -0.481. The van der Waals surface area contributed by atoms with Crippen LogP contribution < -0.4 is 0 Å².